The first-order chi connectivity index (χ1) is 13.7. The minimum atomic E-state index is -3.34. The average molecular weight is 419 g/mol. The van der Waals surface area contributed by atoms with Crippen LogP contribution >= 0.6 is 0 Å². The van der Waals surface area contributed by atoms with Crippen LogP contribution in [0.5, 0.6) is 0 Å². The molecule has 3 N–H and O–H groups in total. The molecule has 0 radical (unpaired) electrons. The van der Waals surface area contributed by atoms with Crippen molar-refractivity contribution in [2.75, 3.05) is 25.9 Å². The molecule has 29 heavy (non-hydrogen) atoms. The number of aryl methyl sites for hydroxylation is 1. The first-order valence-electron chi connectivity index (χ1n) is 9.78. The van der Waals surface area contributed by atoms with E-state index in [4.69, 9.17) is 0 Å². The third-order valence-corrected chi connectivity index (χ3v) is 7.35. The fourth-order valence-corrected chi connectivity index (χ4v) is 5.32. The van der Waals surface area contributed by atoms with Crippen molar-refractivity contribution in [2.45, 2.75) is 32.2 Å². The van der Waals surface area contributed by atoms with Crippen molar-refractivity contribution in [2.24, 2.45) is 5.41 Å². The number of aromatic amines is 1. The molecule has 0 unspecified atom stereocenters. The average Bonchev–Trinajstić information content (AvgIpc) is 3.34. The van der Waals surface area contributed by atoms with Gasteiger partial charge in [-0.2, -0.15) is 0 Å². The van der Waals surface area contributed by atoms with Gasteiger partial charge in [-0.1, -0.05) is 11.6 Å². The number of carbonyl (C=O) groups is 2. The smallest absolute Gasteiger partial charge is 0.242 e. The summed E-state index contributed by atoms with van der Waals surface area (Å²) in [5, 5.41) is 6.82. The van der Waals surface area contributed by atoms with Crippen molar-refractivity contribution < 1.29 is 18.0 Å². The van der Waals surface area contributed by atoms with Crippen LogP contribution < -0.4 is 10.6 Å². The van der Waals surface area contributed by atoms with Gasteiger partial charge in [0, 0.05) is 36.7 Å². The maximum atomic E-state index is 12.6. The number of rotatable bonds is 5. The van der Waals surface area contributed by atoms with Crippen molar-refractivity contribution in [1.82, 2.24) is 19.9 Å². The molecule has 2 atom stereocenters. The number of hydrogen-bond donors (Lipinski definition) is 3. The van der Waals surface area contributed by atoms with Crippen LogP contribution in [0.2, 0.25) is 0 Å². The molecule has 1 aromatic heterocycles. The van der Waals surface area contributed by atoms with E-state index in [0.29, 0.717) is 32.4 Å². The number of nitrogens with one attached hydrogen (secondary N) is 3. The highest BCUT2D eigenvalue weighted by Gasteiger charge is 2.53. The van der Waals surface area contributed by atoms with Gasteiger partial charge in [0.05, 0.1) is 11.7 Å². The molecule has 0 saturated carbocycles. The number of H-pyrrole nitrogens is 1. The highest BCUT2D eigenvalue weighted by Crippen LogP contribution is 2.40. The molecular weight excluding hydrogens is 392 g/mol. The summed E-state index contributed by atoms with van der Waals surface area (Å²) in [6, 6.07) is 5.60. The van der Waals surface area contributed by atoms with E-state index in [0.717, 1.165) is 22.7 Å². The molecule has 1 aromatic carbocycles. The highest BCUT2D eigenvalue weighted by molar-refractivity contribution is 7.88. The second kappa shape index (κ2) is 7.14. The second-order valence-electron chi connectivity index (χ2n) is 8.26. The summed E-state index contributed by atoms with van der Waals surface area (Å²) < 4.78 is 24.9. The molecule has 2 aliphatic heterocycles. The predicted octanol–water partition coefficient (Wildman–Crippen LogP) is 0.675. The van der Waals surface area contributed by atoms with Crippen LogP contribution in [0.4, 0.5) is 0 Å². The van der Waals surface area contributed by atoms with Gasteiger partial charge < -0.3 is 15.6 Å². The van der Waals surface area contributed by atoms with Crippen LogP contribution in [0.3, 0.4) is 0 Å². The fourth-order valence-electron chi connectivity index (χ4n) is 4.42. The van der Waals surface area contributed by atoms with Crippen molar-refractivity contribution in [3.63, 3.8) is 0 Å². The van der Waals surface area contributed by atoms with Gasteiger partial charge in [-0.25, -0.2) is 12.7 Å². The summed E-state index contributed by atoms with van der Waals surface area (Å²) in [5.41, 5.74) is 2.59. The predicted molar refractivity (Wildman–Crippen MR) is 110 cm³/mol. The molecule has 2 saturated heterocycles. The molecule has 1 spiro atoms. The quantitative estimate of drug-likeness (QED) is 0.663. The monoisotopic (exact) mass is 418 g/mol. The Balaban J connectivity index is 1.35. The Morgan fingerprint density at radius 2 is 2.17 bits per heavy atom. The number of hydrogen-bond acceptors (Lipinski definition) is 4. The lowest BCUT2D eigenvalue weighted by Crippen LogP contribution is -2.42. The van der Waals surface area contributed by atoms with Gasteiger partial charge in [-0.05, 0) is 43.9 Å². The second-order valence-corrected chi connectivity index (χ2v) is 10.2. The number of aromatic nitrogens is 1. The summed E-state index contributed by atoms with van der Waals surface area (Å²) in [6.07, 6.45) is 4.57. The zero-order valence-electron chi connectivity index (χ0n) is 16.6. The van der Waals surface area contributed by atoms with Crippen LogP contribution in [0.15, 0.2) is 24.4 Å². The minimum absolute atomic E-state index is 0.149. The molecule has 3 heterocycles. The van der Waals surface area contributed by atoms with E-state index in [2.05, 4.69) is 27.8 Å². The molecule has 2 aromatic rings. The van der Waals surface area contributed by atoms with Crippen LogP contribution in [0.25, 0.3) is 10.9 Å². The van der Waals surface area contributed by atoms with E-state index in [-0.39, 0.29) is 18.4 Å². The fraction of sp³-hybridized carbons (Fsp3) is 0.500. The largest absolute Gasteiger partial charge is 0.361 e. The first kappa shape index (κ1) is 19.9. The van der Waals surface area contributed by atoms with Crippen LogP contribution in [-0.2, 0) is 26.0 Å². The molecule has 2 amide bonds. The SMILES string of the molecule is Cc1ccc2[nH]cc(CCNC(=O)[C@@H]3C[C@]4(CCN(S(C)(=O)=O)C4)C(=O)N3)c2c1. The Morgan fingerprint density at radius 3 is 2.90 bits per heavy atom. The van der Waals surface area contributed by atoms with Gasteiger partial charge in [-0.3, -0.25) is 9.59 Å². The Kier molecular flexibility index (Phi) is 4.90. The Bertz CT molecular complexity index is 1080. The molecule has 2 fully saturated rings. The molecule has 9 heteroatoms. The van der Waals surface area contributed by atoms with Crippen LogP contribution in [0.1, 0.15) is 24.0 Å². The Hall–Kier alpha value is -2.39. The molecule has 0 aliphatic carbocycles. The van der Waals surface area contributed by atoms with Crippen LogP contribution in [0, 0.1) is 12.3 Å². The van der Waals surface area contributed by atoms with E-state index < -0.39 is 21.5 Å². The third kappa shape index (κ3) is 3.76. The number of sulfonamides is 1. The maximum absolute atomic E-state index is 12.6. The topological polar surface area (TPSA) is 111 Å². The standard InChI is InChI=1S/C20H26N4O4S/c1-13-3-4-16-15(9-13)14(11-22-16)5-7-21-18(25)17-10-20(19(26)23-17)6-8-24(12-20)29(2,27)28/h3-4,9,11,17,22H,5-8,10,12H2,1-2H3,(H,21,25)(H,23,26)/t17-,20-/m0/s1. The number of benzene rings is 1. The van der Waals surface area contributed by atoms with Gasteiger partial charge in [0.2, 0.25) is 21.8 Å². The van der Waals surface area contributed by atoms with Gasteiger partial charge in [0.25, 0.3) is 0 Å². The summed E-state index contributed by atoms with van der Waals surface area (Å²) >= 11 is 0. The molecule has 0 bridgehead atoms. The number of carbonyl (C=O) groups excluding carboxylic acids is 2. The Labute approximate surface area is 170 Å². The van der Waals surface area contributed by atoms with E-state index in [1.807, 2.05) is 19.2 Å². The Morgan fingerprint density at radius 1 is 1.38 bits per heavy atom. The van der Waals surface area contributed by atoms with Gasteiger partial charge in [0.1, 0.15) is 6.04 Å². The van der Waals surface area contributed by atoms with Crippen molar-refractivity contribution >= 4 is 32.7 Å². The zero-order chi connectivity index (χ0) is 20.8. The number of nitrogens with zero attached hydrogens (tertiary/aromatic N) is 1. The van der Waals surface area contributed by atoms with Gasteiger partial charge in [0.15, 0.2) is 0 Å². The van der Waals surface area contributed by atoms with E-state index in [1.165, 1.54) is 9.87 Å². The number of amides is 2. The van der Waals surface area contributed by atoms with E-state index in [1.54, 1.807) is 0 Å². The maximum Gasteiger partial charge on any atom is 0.242 e. The summed E-state index contributed by atoms with van der Waals surface area (Å²) in [5.74, 6) is -0.444. The highest BCUT2D eigenvalue weighted by atomic mass is 32.2. The minimum Gasteiger partial charge on any atom is -0.361 e. The normalized spacial score (nSPS) is 25.0. The molecule has 8 nitrogen and oxygen atoms in total. The van der Waals surface area contributed by atoms with Crippen molar-refractivity contribution in [1.29, 1.82) is 0 Å². The van der Waals surface area contributed by atoms with E-state index >= 15 is 0 Å². The van der Waals surface area contributed by atoms with Crippen molar-refractivity contribution in [3.05, 3.63) is 35.5 Å². The van der Waals surface area contributed by atoms with Crippen molar-refractivity contribution in [3.8, 4) is 0 Å². The molecular formula is C20H26N4O4S. The zero-order valence-corrected chi connectivity index (χ0v) is 17.4. The lowest BCUT2D eigenvalue weighted by atomic mass is 9.84. The van der Waals surface area contributed by atoms with E-state index in [9.17, 15) is 18.0 Å². The summed E-state index contributed by atoms with van der Waals surface area (Å²) in [6.45, 7) is 2.98. The van der Waals surface area contributed by atoms with Gasteiger partial charge >= 0.3 is 0 Å². The first-order valence-corrected chi connectivity index (χ1v) is 11.6. The third-order valence-electron chi connectivity index (χ3n) is 6.10. The lowest BCUT2D eigenvalue weighted by Gasteiger charge is -2.20. The molecule has 2 aliphatic rings. The van der Waals surface area contributed by atoms with Gasteiger partial charge in [-0.15, -0.1) is 0 Å². The number of fused-ring (bicyclic) bond motifs is 1. The van der Waals surface area contributed by atoms with Crippen LogP contribution in [-0.4, -0.2) is 61.5 Å². The summed E-state index contributed by atoms with van der Waals surface area (Å²) in [4.78, 5) is 28.3. The molecule has 156 valence electrons. The lowest BCUT2D eigenvalue weighted by molar-refractivity contribution is -0.128. The molecule has 4 rings (SSSR count). The summed E-state index contributed by atoms with van der Waals surface area (Å²) in [7, 11) is -3.34.